The number of esters is 1. The lowest BCUT2D eigenvalue weighted by Gasteiger charge is -2.06. The molecule has 0 aliphatic heterocycles. The predicted molar refractivity (Wildman–Crippen MR) is 94.2 cm³/mol. The van der Waals surface area contributed by atoms with Crippen LogP contribution in [0, 0.1) is 0 Å². The zero-order valence-corrected chi connectivity index (χ0v) is 13.8. The molecule has 0 bridgehead atoms. The van der Waals surface area contributed by atoms with Gasteiger partial charge in [0.15, 0.2) is 0 Å². The maximum absolute atomic E-state index is 12.6. The number of hydrogen-bond donors (Lipinski definition) is 1. The van der Waals surface area contributed by atoms with Crippen molar-refractivity contribution in [1.82, 2.24) is 0 Å². The highest BCUT2D eigenvalue weighted by atomic mass is 32.1. The minimum Gasteiger partial charge on any atom is -0.447 e. The standard InChI is InChI=1S/C19H15NO3S/c21-18(15-7-2-1-3-8-15)12-20-16-9-5-4-6-14(16)10-11-17(20)19(22)23-13-24/h1-11H,12-13H2/p+1. The number of pyridine rings is 1. The molecular weight excluding hydrogens is 322 g/mol. The van der Waals surface area contributed by atoms with E-state index in [1.165, 1.54) is 0 Å². The van der Waals surface area contributed by atoms with E-state index in [-0.39, 0.29) is 18.3 Å². The Morgan fingerprint density at radius 2 is 1.62 bits per heavy atom. The summed E-state index contributed by atoms with van der Waals surface area (Å²) in [5, 5.41) is 0.945. The van der Waals surface area contributed by atoms with E-state index < -0.39 is 5.97 Å². The van der Waals surface area contributed by atoms with E-state index >= 15 is 0 Å². The average Bonchev–Trinajstić information content (AvgIpc) is 2.63. The first-order valence-electron chi connectivity index (χ1n) is 7.48. The molecule has 24 heavy (non-hydrogen) atoms. The van der Waals surface area contributed by atoms with Gasteiger partial charge < -0.3 is 4.74 Å². The third-order valence-corrected chi connectivity index (χ3v) is 3.87. The van der Waals surface area contributed by atoms with Crippen molar-refractivity contribution in [2.24, 2.45) is 0 Å². The lowest BCUT2D eigenvalue weighted by molar-refractivity contribution is -0.659. The largest absolute Gasteiger partial charge is 0.447 e. The topological polar surface area (TPSA) is 47.2 Å². The molecule has 0 N–H and O–H groups in total. The fraction of sp³-hybridized carbons (Fsp3) is 0.105. The van der Waals surface area contributed by atoms with Gasteiger partial charge in [-0.15, -0.1) is 12.6 Å². The molecule has 0 atom stereocenters. The Morgan fingerprint density at radius 3 is 2.38 bits per heavy atom. The molecule has 5 heteroatoms. The molecule has 0 saturated heterocycles. The monoisotopic (exact) mass is 338 g/mol. The highest BCUT2D eigenvalue weighted by molar-refractivity contribution is 7.80. The van der Waals surface area contributed by atoms with Crippen molar-refractivity contribution in [2.75, 3.05) is 5.94 Å². The summed E-state index contributed by atoms with van der Waals surface area (Å²) >= 11 is 3.93. The molecule has 3 rings (SSSR count). The number of para-hydroxylation sites is 1. The Morgan fingerprint density at radius 1 is 0.917 bits per heavy atom. The van der Waals surface area contributed by atoms with Crippen LogP contribution in [-0.4, -0.2) is 17.7 Å². The molecule has 0 aliphatic carbocycles. The third-order valence-electron chi connectivity index (χ3n) is 3.74. The Balaban J connectivity index is 2.08. The van der Waals surface area contributed by atoms with Gasteiger partial charge in [0, 0.05) is 23.1 Å². The molecule has 0 saturated carbocycles. The van der Waals surface area contributed by atoms with E-state index in [0.29, 0.717) is 11.3 Å². The number of nitrogens with zero attached hydrogens (tertiary/aromatic N) is 1. The van der Waals surface area contributed by atoms with Crippen molar-refractivity contribution in [1.29, 1.82) is 0 Å². The lowest BCUT2D eigenvalue weighted by atomic mass is 10.1. The summed E-state index contributed by atoms with van der Waals surface area (Å²) in [5.41, 5.74) is 1.73. The normalized spacial score (nSPS) is 10.5. The summed E-state index contributed by atoms with van der Waals surface area (Å²) in [7, 11) is 0. The van der Waals surface area contributed by atoms with Crippen LogP contribution in [0.1, 0.15) is 20.8 Å². The first kappa shape index (κ1) is 16.2. The van der Waals surface area contributed by atoms with E-state index in [1.807, 2.05) is 48.5 Å². The molecule has 0 aliphatic rings. The van der Waals surface area contributed by atoms with E-state index in [0.717, 1.165) is 10.9 Å². The fourth-order valence-corrected chi connectivity index (χ4v) is 2.72. The van der Waals surface area contributed by atoms with E-state index in [1.54, 1.807) is 22.8 Å². The van der Waals surface area contributed by atoms with Crippen molar-refractivity contribution in [3.63, 3.8) is 0 Å². The molecule has 0 unspecified atom stereocenters. The maximum atomic E-state index is 12.6. The molecule has 1 aromatic heterocycles. The number of ether oxygens (including phenoxy) is 1. The van der Waals surface area contributed by atoms with Crippen LogP contribution in [0.15, 0.2) is 66.7 Å². The van der Waals surface area contributed by atoms with Crippen LogP contribution in [0.25, 0.3) is 10.9 Å². The molecule has 120 valence electrons. The third kappa shape index (κ3) is 3.31. The first-order chi connectivity index (χ1) is 11.7. The van der Waals surface area contributed by atoms with Crippen LogP contribution in [0.5, 0.6) is 0 Å². The number of rotatable bonds is 5. The number of Topliss-reactive ketones (excluding diaryl/α,β-unsaturated/α-hetero) is 1. The lowest BCUT2D eigenvalue weighted by Crippen LogP contribution is -2.44. The summed E-state index contributed by atoms with van der Waals surface area (Å²) in [4.78, 5) is 24.8. The van der Waals surface area contributed by atoms with E-state index in [9.17, 15) is 9.59 Å². The molecule has 0 amide bonds. The highest BCUT2D eigenvalue weighted by Crippen LogP contribution is 2.12. The Labute approximate surface area is 145 Å². The summed E-state index contributed by atoms with van der Waals surface area (Å²) in [6.07, 6.45) is 0. The number of fused-ring (bicyclic) bond motifs is 1. The molecule has 4 nitrogen and oxygen atoms in total. The molecule has 0 radical (unpaired) electrons. The predicted octanol–water partition coefficient (Wildman–Crippen LogP) is 3.05. The van der Waals surface area contributed by atoms with Gasteiger partial charge in [0.2, 0.25) is 17.8 Å². The van der Waals surface area contributed by atoms with Gasteiger partial charge in [-0.1, -0.05) is 42.5 Å². The number of carbonyl (C=O) groups is 2. The van der Waals surface area contributed by atoms with Gasteiger partial charge in [-0.2, -0.15) is 4.57 Å². The van der Waals surface area contributed by atoms with Crippen LogP contribution < -0.4 is 4.57 Å². The van der Waals surface area contributed by atoms with E-state index in [4.69, 9.17) is 4.74 Å². The second-order valence-corrected chi connectivity index (χ2v) is 5.47. The van der Waals surface area contributed by atoms with Gasteiger partial charge in [0.25, 0.3) is 5.69 Å². The number of hydrogen-bond acceptors (Lipinski definition) is 4. The summed E-state index contributed by atoms with van der Waals surface area (Å²) in [5.74, 6) is -0.591. The fourth-order valence-electron chi connectivity index (χ4n) is 2.60. The maximum Gasteiger partial charge on any atom is 0.404 e. The summed E-state index contributed by atoms with van der Waals surface area (Å²) < 4.78 is 6.69. The zero-order chi connectivity index (χ0) is 16.9. The number of thiol groups is 1. The number of carbonyl (C=O) groups excluding carboxylic acids is 2. The van der Waals surface area contributed by atoms with E-state index in [2.05, 4.69) is 12.6 Å². The van der Waals surface area contributed by atoms with Crippen molar-refractivity contribution >= 4 is 35.3 Å². The smallest absolute Gasteiger partial charge is 0.404 e. The van der Waals surface area contributed by atoms with Crippen molar-refractivity contribution < 1.29 is 18.9 Å². The number of benzene rings is 2. The second-order valence-electron chi connectivity index (χ2n) is 5.21. The van der Waals surface area contributed by atoms with Crippen LogP contribution in [-0.2, 0) is 11.3 Å². The van der Waals surface area contributed by atoms with Gasteiger partial charge in [-0.3, -0.25) is 4.79 Å². The summed E-state index contributed by atoms with van der Waals surface area (Å²) in [6.45, 7) is 0.0579. The van der Waals surface area contributed by atoms with Crippen molar-refractivity contribution in [3.05, 3.63) is 78.0 Å². The van der Waals surface area contributed by atoms with Gasteiger partial charge in [0.05, 0.1) is 0 Å². The molecule has 0 fully saturated rings. The second kappa shape index (κ2) is 7.27. The summed E-state index contributed by atoms with van der Waals surface area (Å²) in [6, 6.07) is 20.1. The van der Waals surface area contributed by atoms with Gasteiger partial charge in [0.1, 0.15) is 5.94 Å². The highest BCUT2D eigenvalue weighted by Gasteiger charge is 2.26. The van der Waals surface area contributed by atoms with Crippen molar-refractivity contribution in [3.8, 4) is 0 Å². The quantitative estimate of drug-likeness (QED) is 0.256. The molecule has 0 spiro atoms. The van der Waals surface area contributed by atoms with Gasteiger partial charge >= 0.3 is 5.97 Å². The molecule has 3 aromatic rings. The molecule has 2 aromatic carbocycles. The molecular formula is C19H16NO3S+. The minimum atomic E-state index is -0.503. The zero-order valence-electron chi connectivity index (χ0n) is 12.9. The van der Waals surface area contributed by atoms with Crippen LogP contribution in [0.4, 0.5) is 0 Å². The van der Waals surface area contributed by atoms with Gasteiger partial charge in [-0.25, -0.2) is 4.79 Å². The Bertz CT molecular complexity index is 894. The number of ketones is 1. The SMILES string of the molecule is O=C(C[n+]1c(C(=O)OCS)ccc2ccccc21)c1ccccc1. The number of aromatic nitrogens is 1. The molecule has 1 heterocycles. The van der Waals surface area contributed by atoms with Crippen LogP contribution in [0.2, 0.25) is 0 Å². The van der Waals surface area contributed by atoms with Crippen molar-refractivity contribution in [2.45, 2.75) is 6.54 Å². The Hall–Kier alpha value is -2.66. The first-order valence-corrected chi connectivity index (χ1v) is 8.12. The average molecular weight is 338 g/mol. The van der Waals surface area contributed by atoms with Gasteiger partial charge in [-0.05, 0) is 12.1 Å². The Kier molecular flexibility index (Phi) is 4.91. The van der Waals surface area contributed by atoms with Crippen LogP contribution in [0.3, 0.4) is 0 Å². The van der Waals surface area contributed by atoms with Crippen LogP contribution >= 0.6 is 12.6 Å². The minimum absolute atomic E-state index is 0.0156.